The fraction of sp³-hybridized carbons (Fsp3) is 0.476. The Morgan fingerprint density at radius 1 is 1.19 bits per heavy atom. The minimum Gasteiger partial charge on any atom is -0.344 e. The van der Waals surface area contributed by atoms with Gasteiger partial charge >= 0.3 is 0 Å². The summed E-state index contributed by atoms with van der Waals surface area (Å²) in [5.74, 6) is 0.103. The van der Waals surface area contributed by atoms with E-state index in [1.165, 1.54) is 10.5 Å². The molecular formula is C21H28ClN5O3S. The Balaban J connectivity index is 1.73. The molecule has 1 saturated heterocycles. The van der Waals surface area contributed by atoms with Crippen LogP contribution in [0.2, 0.25) is 5.02 Å². The first-order valence-corrected chi connectivity index (χ1v) is 12.3. The monoisotopic (exact) mass is 465 g/mol. The van der Waals surface area contributed by atoms with E-state index >= 15 is 0 Å². The first kappa shape index (κ1) is 23.4. The van der Waals surface area contributed by atoms with Crippen molar-refractivity contribution in [2.75, 3.05) is 31.1 Å². The molecule has 1 atom stereocenters. The van der Waals surface area contributed by atoms with Gasteiger partial charge < -0.3 is 10.2 Å². The first-order valence-electron chi connectivity index (χ1n) is 10.5. The maximum Gasteiger partial charge on any atom is 0.272 e. The quantitative estimate of drug-likeness (QED) is 0.642. The number of amides is 1. The lowest BCUT2D eigenvalue weighted by Crippen LogP contribution is -2.31. The summed E-state index contributed by atoms with van der Waals surface area (Å²) in [4.78, 5) is 23.7. The van der Waals surface area contributed by atoms with Gasteiger partial charge in [0.15, 0.2) is 5.69 Å². The van der Waals surface area contributed by atoms with E-state index in [9.17, 15) is 13.2 Å². The molecule has 8 nitrogen and oxygen atoms in total. The number of nitrogens with zero attached hydrogens (tertiary/aromatic N) is 4. The van der Waals surface area contributed by atoms with Crippen molar-refractivity contribution < 1.29 is 13.2 Å². The highest BCUT2D eigenvalue weighted by molar-refractivity contribution is 7.89. The van der Waals surface area contributed by atoms with Gasteiger partial charge in [0.25, 0.3) is 5.91 Å². The van der Waals surface area contributed by atoms with Crippen LogP contribution in [0.4, 0.5) is 5.95 Å². The average molecular weight is 466 g/mol. The van der Waals surface area contributed by atoms with Gasteiger partial charge in [-0.1, -0.05) is 37.6 Å². The van der Waals surface area contributed by atoms with Crippen LogP contribution in [0.25, 0.3) is 0 Å². The number of sulfonamides is 1. The second-order valence-electron chi connectivity index (χ2n) is 7.41. The molecule has 2 aromatic rings. The standard InChI is InChI=1S/C21H28ClN5O3S/c1-4-27(5-2)31(29,30)17-10-8-16(9-11-17)15(3)24-20(28)19-18(22)14-23-21(25-19)26-12-6-7-13-26/h8-11,14-15H,4-7,12-13H2,1-3H3,(H,24,28). The van der Waals surface area contributed by atoms with Crippen molar-refractivity contribution in [2.24, 2.45) is 0 Å². The molecule has 0 radical (unpaired) electrons. The van der Waals surface area contributed by atoms with Crippen LogP contribution in [-0.4, -0.2) is 54.8 Å². The predicted molar refractivity (Wildman–Crippen MR) is 121 cm³/mol. The highest BCUT2D eigenvalue weighted by Crippen LogP contribution is 2.22. The smallest absolute Gasteiger partial charge is 0.272 e. The lowest BCUT2D eigenvalue weighted by Gasteiger charge is -2.20. The molecule has 0 aliphatic carbocycles. The number of anilines is 1. The zero-order valence-corrected chi connectivity index (χ0v) is 19.6. The van der Waals surface area contributed by atoms with Gasteiger partial charge in [-0.3, -0.25) is 4.79 Å². The molecule has 0 bridgehead atoms. The van der Waals surface area contributed by atoms with Gasteiger partial charge in [0.2, 0.25) is 16.0 Å². The second kappa shape index (κ2) is 9.93. The third-order valence-electron chi connectivity index (χ3n) is 5.41. The van der Waals surface area contributed by atoms with Gasteiger partial charge in [-0.05, 0) is 37.5 Å². The average Bonchev–Trinajstić information content (AvgIpc) is 3.29. The number of nitrogens with one attached hydrogen (secondary N) is 1. The molecule has 3 rings (SSSR count). The van der Waals surface area contributed by atoms with Gasteiger partial charge in [0, 0.05) is 26.2 Å². The SMILES string of the molecule is CCN(CC)S(=O)(=O)c1ccc(C(C)NC(=O)c2nc(N3CCCC3)ncc2Cl)cc1. The third-order valence-corrected chi connectivity index (χ3v) is 7.75. The molecule has 0 spiro atoms. The largest absolute Gasteiger partial charge is 0.344 e. The maximum atomic E-state index is 12.8. The van der Waals surface area contributed by atoms with Crippen molar-refractivity contribution in [1.82, 2.24) is 19.6 Å². The Kier molecular flexibility index (Phi) is 7.51. The van der Waals surface area contributed by atoms with E-state index in [-0.39, 0.29) is 21.7 Å². The third kappa shape index (κ3) is 5.16. The van der Waals surface area contributed by atoms with Crippen LogP contribution < -0.4 is 10.2 Å². The molecule has 1 amide bonds. The van der Waals surface area contributed by atoms with Crippen molar-refractivity contribution in [3.8, 4) is 0 Å². The summed E-state index contributed by atoms with van der Waals surface area (Å²) >= 11 is 6.18. The summed E-state index contributed by atoms with van der Waals surface area (Å²) in [6, 6.07) is 6.18. The zero-order chi connectivity index (χ0) is 22.6. The molecule has 1 aromatic carbocycles. The van der Waals surface area contributed by atoms with E-state index in [1.807, 2.05) is 11.8 Å². The number of hydrogen-bond acceptors (Lipinski definition) is 6. The van der Waals surface area contributed by atoms with E-state index in [0.717, 1.165) is 31.5 Å². The number of carbonyl (C=O) groups is 1. The van der Waals surface area contributed by atoms with E-state index in [4.69, 9.17) is 11.6 Å². The Bertz CT molecular complexity index is 1020. The number of carbonyl (C=O) groups excluding carboxylic acids is 1. The molecule has 1 aliphatic rings. The molecule has 1 fully saturated rings. The van der Waals surface area contributed by atoms with Crippen molar-refractivity contribution in [3.05, 3.63) is 46.7 Å². The van der Waals surface area contributed by atoms with Crippen LogP contribution in [0.5, 0.6) is 0 Å². The van der Waals surface area contributed by atoms with Crippen LogP contribution in [0.1, 0.15) is 55.7 Å². The minimum absolute atomic E-state index is 0.131. The van der Waals surface area contributed by atoms with Crippen molar-refractivity contribution in [1.29, 1.82) is 0 Å². The van der Waals surface area contributed by atoms with Gasteiger partial charge in [0.1, 0.15) is 0 Å². The molecular weight excluding hydrogens is 438 g/mol. The topological polar surface area (TPSA) is 95.5 Å². The first-order chi connectivity index (χ1) is 14.8. The van der Waals surface area contributed by atoms with Gasteiger partial charge in [-0.2, -0.15) is 4.31 Å². The molecule has 2 heterocycles. The molecule has 10 heteroatoms. The molecule has 1 N–H and O–H groups in total. The Morgan fingerprint density at radius 3 is 2.39 bits per heavy atom. The predicted octanol–water partition coefficient (Wildman–Crippen LogP) is 3.25. The molecule has 168 valence electrons. The number of halogens is 1. The van der Waals surface area contributed by atoms with Crippen molar-refractivity contribution in [2.45, 2.75) is 44.6 Å². The highest BCUT2D eigenvalue weighted by Gasteiger charge is 2.23. The molecule has 0 saturated carbocycles. The van der Waals surface area contributed by atoms with Gasteiger partial charge in [-0.25, -0.2) is 18.4 Å². The maximum absolute atomic E-state index is 12.8. The van der Waals surface area contributed by atoms with Crippen LogP contribution in [0, 0.1) is 0 Å². The summed E-state index contributed by atoms with van der Waals surface area (Å²) in [6.45, 7) is 7.98. The summed E-state index contributed by atoms with van der Waals surface area (Å²) in [6.07, 6.45) is 3.60. The Morgan fingerprint density at radius 2 is 1.81 bits per heavy atom. The van der Waals surface area contributed by atoms with Crippen molar-refractivity contribution >= 4 is 33.5 Å². The van der Waals surface area contributed by atoms with Crippen LogP contribution >= 0.6 is 11.6 Å². The molecule has 1 aliphatic heterocycles. The number of hydrogen-bond donors (Lipinski definition) is 1. The van der Waals surface area contributed by atoms with Crippen LogP contribution in [-0.2, 0) is 10.0 Å². The molecule has 1 aromatic heterocycles. The summed E-state index contributed by atoms with van der Waals surface area (Å²) in [5, 5.41) is 3.07. The van der Waals surface area contributed by atoms with E-state index in [0.29, 0.717) is 19.0 Å². The van der Waals surface area contributed by atoms with Gasteiger partial charge in [0.05, 0.1) is 22.2 Å². The zero-order valence-electron chi connectivity index (χ0n) is 18.0. The fourth-order valence-electron chi connectivity index (χ4n) is 3.58. The van der Waals surface area contributed by atoms with E-state index in [2.05, 4.69) is 15.3 Å². The number of rotatable bonds is 8. The normalized spacial score (nSPS) is 15.3. The van der Waals surface area contributed by atoms with E-state index in [1.54, 1.807) is 38.1 Å². The highest BCUT2D eigenvalue weighted by atomic mass is 35.5. The second-order valence-corrected chi connectivity index (χ2v) is 9.76. The van der Waals surface area contributed by atoms with E-state index < -0.39 is 15.9 Å². The lowest BCUT2D eigenvalue weighted by atomic mass is 10.1. The van der Waals surface area contributed by atoms with Crippen LogP contribution in [0.3, 0.4) is 0 Å². The van der Waals surface area contributed by atoms with Crippen LogP contribution in [0.15, 0.2) is 35.4 Å². The Hall–Kier alpha value is -2.23. The Labute approximate surface area is 188 Å². The van der Waals surface area contributed by atoms with Gasteiger partial charge in [-0.15, -0.1) is 0 Å². The summed E-state index contributed by atoms with van der Waals surface area (Å²) in [7, 11) is -3.52. The number of benzene rings is 1. The molecule has 31 heavy (non-hydrogen) atoms. The molecule has 1 unspecified atom stereocenters. The fourth-order valence-corrected chi connectivity index (χ4v) is 5.21. The summed E-state index contributed by atoms with van der Waals surface area (Å²) in [5.41, 5.74) is 0.905. The lowest BCUT2D eigenvalue weighted by molar-refractivity contribution is 0.0935. The summed E-state index contributed by atoms with van der Waals surface area (Å²) < 4.78 is 26.7. The minimum atomic E-state index is -3.52. The van der Waals surface area contributed by atoms with Crippen molar-refractivity contribution in [3.63, 3.8) is 0 Å². The number of aromatic nitrogens is 2.